The Morgan fingerprint density at radius 3 is 2.73 bits per heavy atom. The molecule has 0 N–H and O–H groups in total. The third kappa shape index (κ3) is 3.43. The fourth-order valence-corrected chi connectivity index (χ4v) is 3.73. The molecular weight excluding hydrogens is 276 g/mol. The maximum Gasteiger partial charge on any atom is 0.227 e. The van der Waals surface area contributed by atoms with Gasteiger partial charge in [0, 0.05) is 24.7 Å². The number of carbonyl (C=O) groups excluding carboxylic acids is 1. The van der Waals surface area contributed by atoms with Crippen LogP contribution in [0.3, 0.4) is 0 Å². The SMILES string of the molecule is COc1ccccc1CC(=O)N1CCC[C@H]1CN1CCCC1. The Kier molecular flexibility index (Phi) is 4.98. The van der Waals surface area contributed by atoms with Crippen LogP contribution in [-0.2, 0) is 11.2 Å². The van der Waals surface area contributed by atoms with Gasteiger partial charge < -0.3 is 14.5 Å². The molecule has 2 fully saturated rings. The number of amides is 1. The van der Waals surface area contributed by atoms with Crippen molar-refractivity contribution in [2.45, 2.75) is 38.1 Å². The lowest BCUT2D eigenvalue weighted by Crippen LogP contribution is -2.43. The lowest BCUT2D eigenvalue weighted by atomic mass is 10.1. The van der Waals surface area contributed by atoms with Gasteiger partial charge >= 0.3 is 0 Å². The smallest absolute Gasteiger partial charge is 0.227 e. The van der Waals surface area contributed by atoms with Crippen LogP contribution < -0.4 is 4.74 Å². The summed E-state index contributed by atoms with van der Waals surface area (Å²) in [6.07, 6.45) is 5.34. The van der Waals surface area contributed by atoms with Crippen LogP contribution in [0.15, 0.2) is 24.3 Å². The van der Waals surface area contributed by atoms with E-state index in [1.165, 1.54) is 25.9 Å². The Bertz CT molecular complexity index is 512. The van der Waals surface area contributed by atoms with Crippen molar-refractivity contribution in [1.82, 2.24) is 9.80 Å². The van der Waals surface area contributed by atoms with Crippen molar-refractivity contribution in [1.29, 1.82) is 0 Å². The van der Waals surface area contributed by atoms with Gasteiger partial charge in [0.15, 0.2) is 0 Å². The van der Waals surface area contributed by atoms with E-state index in [4.69, 9.17) is 4.74 Å². The number of rotatable bonds is 5. The molecule has 2 saturated heterocycles. The van der Waals surface area contributed by atoms with Crippen molar-refractivity contribution in [3.8, 4) is 5.75 Å². The summed E-state index contributed by atoms with van der Waals surface area (Å²) in [5.74, 6) is 1.05. The normalized spacial score (nSPS) is 22.2. The van der Waals surface area contributed by atoms with E-state index >= 15 is 0 Å². The van der Waals surface area contributed by atoms with Crippen molar-refractivity contribution in [3.05, 3.63) is 29.8 Å². The van der Waals surface area contributed by atoms with Crippen LogP contribution >= 0.6 is 0 Å². The maximum atomic E-state index is 12.7. The van der Waals surface area contributed by atoms with Crippen LogP contribution in [0.2, 0.25) is 0 Å². The Labute approximate surface area is 133 Å². The van der Waals surface area contributed by atoms with Crippen LogP contribution in [0.4, 0.5) is 0 Å². The number of likely N-dealkylation sites (tertiary alicyclic amines) is 2. The summed E-state index contributed by atoms with van der Waals surface area (Å²) in [6, 6.07) is 8.23. The van der Waals surface area contributed by atoms with Crippen molar-refractivity contribution < 1.29 is 9.53 Å². The first-order valence-electron chi connectivity index (χ1n) is 8.41. The Morgan fingerprint density at radius 2 is 1.95 bits per heavy atom. The monoisotopic (exact) mass is 302 g/mol. The molecule has 0 aliphatic carbocycles. The number of carbonyl (C=O) groups is 1. The molecule has 0 aromatic heterocycles. The molecule has 0 saturated carbocycles. The predicted molar refractivity (Wildman–Crippen MR) is 87.1 cm³/mol. The minimum Gasteiger partial charge on any atom is -0.496 e. The van der Waals surface area contributed by atoms with E-state index in [2.05, 4.69) is 9.80 Å². The molecule has 1 aromatic rings. The van der Waals surface area contributed by atoms with Gasteiger partial charge in [-0.25, -0.2) is 0 Å². The van der Waals surface area contributed by atoms with Gasteiger partial charge in [0.2, 0.25) is 5.91 Å². The van der Waals surface area contributed by atoms with Crippen LogP contribution in [0.5, 0.6) is 5.75 Å². The van der Waals surface area contributed by atoms with E-state index in [1.807, 2.05) is 24.3 Å². The maximum absolute atomic E-state index is 12.7. The Hall–Kier alpha value is -1.55. The van der Waals surface area contributed by atoms with Gasteiger partial charge in [0.05, 0.1) is 13.5 Å². The second-order valence-electron chi connectivity index (χ2n) is 6.38. The highest BCUT2D eigenvalue weighted by atomic mass is 16.5. The highest BCUT2D eigenvalue weighted by Gasteiger charge is 2.30. The summed E-state index contributed by atoms with van der Waals surface area (Å²) in [4.78, 5) is 17.3. The lowest BCUT2D eigenvalue weighted by Gasteiger charge is -2.28. The molecule has 120 valence electrons. The summed E-state index contributed by atoms with van der Waals surface area (Å²) in [5.41, 5.74) is 0.988. The second kappa shape index (κ2) is 7.14. The first-order chi connectivity index (χ1) is 10.8. The third-order valence-corrected chi connectivity index (χ3v) is 4.90. The molecule has 1 aromatic carbocycles. The molecule has 4 heteroatoms. The molecule has 0 bridgehead atoms. The van der Waals surface area contributed by atoms with Gasteiger partial charge in [-0.15, -0.1) is 0 Å². The van der Waals surface area contributed by atoms with Crippen molar-refractivity contribution in [2.75, 3.05) is 33.3 Å². The second-order valence-corrected chi connectivity index (χ2v) is 6.38. The summed E-state index contributed by atoms with van der Waals surface area (Å²) in [6.45, 7) is 4.36. The number of hydrogen-bond acceptors (Lipinski definition) is 3. The minimum atomic E-state index is 0.242. The Balaban J connectivity index is 1.62. The van der Waals surface area contributed by atoms with Gasteiger partial charge in [-0.05, 0) is 44.8 Å². The van der Waals surface area contributed by atoms with Crippen molar-refractivity contribution >= 4 is 5.91 Å². The molecule has 0 unspecified atom stereocenters. The van der Waals surface area contributed by atoms with Gasteiger partial charge in [-0.1, -0.05) is 18.2 Å². The number of methoxy groups -OCH3 is 1. The van der Waals surface area contributed by atoms with E-state index < -0.39 is 0 Å². The van der Waals surface area contributed by atoms with Gasteiger partial charge in [0.1, 0.15) is 5.75 Å². The first-order valence-corrected chi connectivity index (χ1v) is 8.41. The molecule has 3 rings (SSSR count). The number of ether oxygens (including phenoxy) is 1. The summed E-state index contributed by atoms with van der Waals surface area (Å²) in [7, 11) is 1.66. The molecule has 0 spiro atoms. The van der Waals surface area contributed by atoms with Crippen LogP contribution in [0.25, 0.3) is 0 Å². The molecule has 2 heterocycles. The molecule has 2 aliphatic rings. The standard InChI is InChI=1S/C18H26N2O2/c1-22-17-9-3-2-7-15(17)13-18(21)20-12-6-8-16(20)14-19-10-4-5-11-19/h2-3,7,9,16H,4-6,8,10-14H2,1H3/t16-/m0/s1. The van der Waals surface area contributed by atoms with Crippen LogP contribution in [0, 0.1) is 0 Å². The average Bonchev–Trinajstić information content (AvgIpc) is 3.20. The number of benzene rings is 1. The molecule has 4 nitrogen and oxygen atoms in total. The lowest BCUT2D eigenvalue weighted by molar-refractivity contribution is -0.131. The van der Waals surface area contributed by atoms with E-state index in [-0.39, 0.29) is 5.91 Å². The summed E-state index contributed by atoms with van der Waals surface area (Å²) >= 11 is 0. The van der Waals surface area contributed by atoms with Crippen LogP contribution in [-0.4, -0.2) is 55.0 Å². The van der Waals surface area contributed by atoms with E-state index in [1.54, 1.807) is 7.11 Å². The number of para-hydroxylation sites is 1. The summed E-state index contributed by atoms with van der Waals surface area (Å²) < 4.78 is 5.36. The zero-order valence-corrected chi connectivity index (χ0v) is 13.5. The highest BCUT2D eigenvalue weighted by Crippen LogP contribution is 2.24. The van der Waals surface area contributed by atoms with E-state index in [0.29, 0.717) is 12.5 Å². The predicted octanol–water partition coefficient (Wildman–Crippen LogP) is 2.32. The van der Waals surface area contributed by atoms with E-state index in [0.717, 1.165) is 37.2 Å². The zero-order valence-electron chi connectivity index (χ0n) is 13.5. The number of nitrogens with zero attached hydrogens (tertiary/aromatic N) is 2. The van der Waals surface area contributed by atoms with Crippen molar-refractivity contribution in [2.24, 2.45) is 0 Å². The Morgan fingerprint density at radius 1 is 1.18 bits per heavy atom. The zero-order chi connectivity index (χ0) is 15.4. The molecular formula is C18H26N2O2. The highest BCUT2D eigenvalue weighted by molar-refractivity contribution is 5.80. The molecule has 22 heavy (non-hydrogen) atoms. The van der Waals surface area contributed by atoms with Gasteiger partial charge in [-0.2, -0.15) is 0 Å². The fourth-order valence-electron chi connectivity index (χ4n) is 3.73. The molecule has 2 aliphatic heterocycles. The minimum absolute atomic E-state index is 0.242. The largest absolute Gasteiger partial charge is 0.496 e. The molecule has 1 amide bonds. The van der Waals surface area contributed by atoms with Gasteiger partial charge in [0.25, 0.3) is 0 Å². The average molecular weight is 302 g/mol. The first kappa shape index (κ1) is 15.3. The molecule has 0 radical (unpaired) electrons. The van der Waals surface area contributed by atoms with Gasteiger partial charge in [-0.3, -0.25) is 4.79 Å². The van der Waals surface area contributed by atoms with Crippen LogP contribution in [0.1, 0.15) is 31.2 Å². The number of hydrogen-bond donors (Lipinski definition) is 0. The molecule has 1 atom stereocenters. The fraction of sp³-hybridized carbons (Fsp3) is 0.611. The third-order valence-electron chi connectivity index (χ3n) is 4.90. The quantitative estimate of drug-likeness (QED) is 0.837. The topological polar surface area (TPSA) is 32.8 Å². The van der Waals surface area contributed by atoms with Crippen molar-refractivity contribution in [3.63, 3.8) is 0 Å². The van der Waals surface area contributed by atoms with E-state index in [9.17, 15) is 4.79 Å². The summed E-state index contributed by atoms with van der Waals surface area (Å²) in [5, 5.41) is 0.